The van der Waals surface area contributed by atoms with Crippen LogP contribution in [-0.2, 0) is 13.0 Å². The first kappa shape index (κ1) is 17.8. The van der Waals surface area contributed by atoms with Gasteiger partial charge in [0.25, 0.3) is 0 Å². The van der Waals surface area contributed by atoms with E-state index in [1.807, 2.05) is 18.2 Å². The highest BCUT2D eigenvalue weighted by Crippen LogP contribution is 2.36. The third-order valence-corrected chi connectivity index (χ3v) is 5.13. The Morgan fingerprint density at radius 3 is 2.56 bits per heavy atom. The third-order valence-electron chi connectivity index (χ3n) is 5.13. The Bertz CT molecular complexity index is 697. The number of fused-ring (bicyclic) bond motifs is 1. The number of quaternary nitrogens is 1. The van der Waals surface area contributed by atoms with Gasteiger partial charge in [-0.3, -0.25) is 0 Å². The van der Waals surface area contributed by atoms with E-state index < -0.39 is 0 Å². The second kappa shape index (κ2) is 7.92. The van der Waals surface area contributed by atoms with Crippen LogP contribution in [0.15, 0.2) is 42.5 Å². The first-order chi connectivity index (χ1) is 12.1. The number of methoxy groups -OCH3 is 1. The fourth-order valence-corrected chi connectivity index (χ4v) is 3.74. The molecule has 3 heteroatoms. The van der Waals surface area contributed by atoms with Gasteiger partial charge in [0.05, 0.1) is 20.7 Å². The molecule has 2 atom stereocenters. The minimum absolute atomic E-state index is 0.536. The molecule has 1 aliphatic rings. The van der Waals surface area contributed by atoms with Gasteiger partial charge in [-0.1, -0.05) is 44.2 Å². The van der Waals surface area contributed by atoms with Crippen molar-refractivity contribution in [3.05, 3.63) is 59.2 Å². The van der Waals surface area contributed by atoms with Crippen LogP contribution in [0.2, 0.25) is 0 Å². The van der Waals surface area contributed by atoms with Crippen molar-refractivity contribution in [3.8, 4) is 11.5 Å². The van der Waals surface area contributed by atoms with Gasteiger partial charge in [-0.25, -0.2) is 0 Å². The van der Waals surface area contributed by atoms with Gasteiger partial charge in [0.2, 0.25) is 0 Å². The SMILES string of the molecule is COc1cc2c(cc1OCc1ccccc1)[C@@H](CC(C)C)[NH+](C)CC2. The normalized spacial score (nSPS) is 19.6. The Morgan fingerprint density at radius 2 is 1.88 bits per heavy atom. The van der Waals surface area contributed by atoms with Crippen LogP contribution in [0.1, 0.15) is 43.0 Å². The largest absolute Gasteiger partial charge is 0.493 e. The first-order valence-corrected chi connectivity index (χ1v) is 9.28. The molecular weight excluding hydrogens is 310 g/mol. The van der Waals surface area contributed by atoms with Crippen molar-refractivity contribution >= 4 is 0 Å². The van der Waals surface area contributed by atoms with E-state index in [0.29, 0.717) is 18.6 Å². The highest BCUT2D eigenvalue weighted by atomic mass is 16.5. The Kier molecular flexibility index (Phi) is 5.64. The van der Waals surface area contributed by atoms with Crippen molar-refractivity contribution < 1.29 is 14.4 Å². The minimum Gasteiger partial charge on any atom is -0.493 e. The van der Waals surface area contributed by atoms with Crippen LogP contribution in [0.25, 0.3) is 0 Å². The topological polar surface area (TPSA) is 22.9 Å². The van der Waals surface area contributed by atoms with Gasteiger partial charge in [0.15, 0.2) is 11.5 Å². The molecule has 2 aromatic carbocycles. The molecule has 0 aromatic heterocycles. The summed E-state index contributed by atoms with van der Waals surface area (Å²) < 4.78 is 11.7. The van der Waals surface area contributed by atoms with E-state index in [-0.39, 0.29) is 0 Å². The second-order valence-corrected chi connectivity index (χ2v) is 7.50. The number of hydrogen-bond acceptors (Lipinski definition) is 2. The lowest BCUT2D eigenvalue weighted by atomic mass is 9.87. The van der Waals surface area contributed by atoms with Crippen LogP contribution in [0.5, 0.6) is 11.5 Å². The number of likely N-dealkylation sites (N-methyl/N-ethyl adjacent to an activating group) is 1. The molecule has 25 heavy (non-hydrogen) atoms. The summed E-state index contributed by atoms with van der Waals surface area (Å²) >= 11 is 0. The molecule has 0 amide bonds. The quantitative estimate of drug-likeness (QED) is 0.871. The van der Waals surface area contributed by atoms with Crippen molar-refractivity contribution in [2.75, 3.05) is 20.7 Å². The first-order valence-electron chi connectivity index (χ1n) is 9.28. The van der Waals surface area contributed by atoms with Crippen molar-refractivity contribution in [2.24, 2.45) is 5.92 Å². The van der Waals surface area contributed by atoms with Gasteiger partial charge in [0, 0.05) is 18.4 Å². The van der Waals surface area contributed by atoms with Gasteiger partial charge in [0.1, 0.15) is 12.6 Å². The van der Waals surface area contributed by atoms with Crippen LogP contribution in [-0.4, -0.2) is 20.7 Å². The van der Waals surface area contributed by atoms with Crippen LogP contribution < -0.4 is 14.4 Å². The molecule has 2 aromatic rings. The molecule has 0 saturated carbocycles. The van der Waals surface area contributed by atoms with Crippen molar-refractivity contribution in [1.82, 2.24) is 0 Å². The number of nitrogens with one attached hydrogen (secondary N) is 1. The number of ether oxygens (including phenoxy) is 2. The van der Waals surface area contributed by atoms with E-state index in [0.717, 1.165) is 17.9 Å². The van der Waals surface area contributed by atoms with E-state index in [9.17, 15) is 0 Å². The second-order valence-electron chi connectivity index (χ2n) is 7.50. The van der Waals surface area contributed by atoms with Crippen LogP contribution in [0, 0.1) is 5.92 Å². The Morgan fingerprint density at radius 1 is 1.12 bits per heavy atom. The summed E-state index contributed by atoms with van der Waals surface area (Å²) in [7, 11) is 4.04. The molecule has 1 N–H and O–H groups in total. The van der Waals surface area contributed by atoms with Crippen LogP contribution in [0.4, 0.5) is 0 Å². The number of rotatable bonds is 6. The summed E-state index contributed by atoms with van der Waals surface area (Å²) in [6, 6.07) is 15.2. The molecule has 0 saturated heterocycles. The molecule has 0 bridgehead atoms. The molecule has 0 radical (unpaired) electrons. The number of benzene rings is 2. The summed E-state index contributed by atoms with van der Waals surface area (Å²) in [5, 5.41) is 0. The van der Waals surface area contributed by atoms with Gasteiger partial charge in [-0.2, -0.15) is 0 Å². The fourth-order valence-electron chi connectivity index (χ4n) is 3.74. The minimum atomic E-state index is 0.536. The monoisotopic (exact) mass is 340 g/mol. The highest BCUT2D eigenvalue weighted by Gasteiger charge is 2.30. The predicted molar refractivity (Wildman–Crippen MR) is 101 cm³/mol. The van der Waals surface area contributed by atoms with Gasteiger partial charge in [-0.15, -0.1) is 0 Å². The van der Waals surface area contributed by atoms with Crippen molar-refractivity contribution in [2.45, 2.75) is 39.3 Å². The zero-order valence-electron chi connectivity index (χ0n) is 15.8. The molecule has 134 valence electrons. The smallest absolute Gasteiger partial charge is 0.162 e. The predicted octanol–water partition coefficient (Wildman–Crippen LogP) is 3.43. The van der Waals surface area contributed by atoms with Crippen molar-refractivity contribution in [1.29, 1.82) is 0 Å². The summed E-state index contributed by atoms with van der Waals surface area (Å²) in [5.74, 6) is 2.38. The molecule has 0 aliphatic carbocycles. The Balaban J connectivity index is 1.89. The maximum atomic E-state index is 6.13. The van der Waals surface area contributed by atoms with E-state index >= 15 is 0 Å². The molecule has 3 nitrogen and oxygen atoms in total. The van der Waals surface area contributed by atoms with E-state index in [1.165, 1.54) is 29.7 Å². The summed E-state index contributed by atoms with van der Waals surface area (Å²) in [4.78, 5) is 1.60. The van der Waals surface area contributed by atoms with E-state index in [4.69, 9.17) is 9.47 Å². The number of hydrogen-bond donors (Lipinski definition) is 1. The van der Waals surface area contributed by atoms with Gasteiger partial charge in [-0.05, 0) is 29.2 Å². The molecule has 1 heterocycles. The zero-order chi connectivity index (χ0) is 17.8. The lowest BCUT2D eigenvalue weighted by molar-refractivity contribution is -0.915. The molecule has 0 fully saturated rings. The average molecular weight is 340 g/mol. The average Bonchev–Trinajstić information content (AvgIpc) is 2.62. The highest BCUT2D eigenvalue weighted by molar-refractivity contribution is 5.49. The molecule has 3 rings (SSSR count). The summed E-state index contributed by atoms with van der Waals surface area (Å²) in [6.07, 6.45) is 2.30. The lowest BCUT2D eigenvalue weighted by Gasteiger charge is -2.33. The third kappa shape index (κ3) is 4.16. The van der Waals surface area contributed by atoms with Gasteiger partial charge < -0.3 is 14.4 Å². The van der Waals surface area contributed by atoms with Crippen molar-refractivity contribution in [3.63, 3.8) is 0 Å². The summed E-state index contributed by atoms with van der Waals surface area (Å²) in [5.41, 5.74) is 4.02. The summed E-state index contributed by atoms with van der Waals surface area (Å²) in [6.45, 7) is 6.35. The standard InChI is InChI=1S/C22H29NO2/c1-16(2)12-20-19-14-22(25-15-17-8-6-5-7-9-17)21(24-4)13-18(19)10-11-23(20)3/h5-9,13-14,16,20H,10-12,15H2,1-4H3/p+1/t20-/m1/s1. The molecule has 1 unspecified atom stereocenters. The van der Waals surface area contributed by atoms with Crippen LogP contribution >= 0.6 is 0 Å². The van der Waals surface area contributed by atoms with E-state index in [1.54, 1.807) is 12.0 Å². The zero-order valence-corrected chi connectivity index (χ0v) is 15.8. The van der Waals surface area contributed by atoms with Gasteiger partial charge >= 0.3 is 0 Å². The fraction of sp³-hybridized carbons (Fsp3) is 0.455. The van der Waals surface area contributed by atoms with Crippen LogP contribution in [0.3, 0.4) is 0 Å². The lowest BCUT2D eigenvalue weighted by Crippen LogP contribution is -3.10. The molecule has 1 aliphatic heterocycles. The maximum Gasteiger partial charge on any atom is 0.162 e. The Hall–Kier alpha value is -2.00. The molecular formula is C22H30NO2+. The molecule has 0 spiro atoms. The Labute approximate surface area is 151 Å². The van der Waals surface area contributed by atoms with E-state index in [2.05, 4.69) is 45.2 Å². The maximum absolute atomic E-state index is 6.13.